The highest BCUT2D eigenvalue weighted by molar-refractivity contribution is 5.75. The highest BCUT2D eigenvalue weighted by Crippen LogP contribution is 2.21. The second kappa shape index (κ2) is 10.5. The fourth-order valence-corrected chi connectivity index (χ4v) is 1.77. The maximum Gasteiger partial charge on any atom is 0.323 e. The molecule has 15 heteroatoms. The van der Waals surface area contributed by atoms with Crippen molar-refractivity contribution in [1.82, 2.24) is 15.0 Å². The van der Waals surface area contributed by atoms with Gasteiger partial charge in [0.05, 0.1) is 0 Å². The number of rotatable bonds is 13. The number of hydrogen-bond acceptors (Lipinski definition) is 13. The van der Waals surface area contributed by atoms with Crippen LogP contribution in [0, 0.1) is 0 Å². The van der Waals surface area contributed by atoms with Crippen LogP contribution in [0.25, 0.3) is 0 Å². The first kappa shape index (κ1) is 22.4. The summed E-state index contributed by atoms with van der Waals surface area (Å²) in [7, 11) is 0. The summed E-state index contributed by atoms with van der Waals surface area (Å²) < 4.78 is 0. The van der Waals surface area contributed by atoms with Crippen molar-refractivity contribution in [3.05, 3.63) is 24.9 Å². The average Bonchev–Trinajstić information content (AvgIpc) is 2.66. The number of nitrogens with two attached hydrogens (primary N) is 1. The van der Waals surface area contributed by atoms with Gasteiger partial charge in [-0.3, -0.25) is 19.4 Å². The van der Waals surface area contributed by atoms with Gasteiger partial charge in [-0.15, -0.1) is 0 Å². The lowest BCUT2D eigenvalue weighted by molar-refractivity contribution is -0.204. The summed E-state index contributed by atoms with van der Waals surface area (Å²) in [6, 6.07) is 0. The van der Waals surface area contributed by atoms with E-state index in [0.29, 0.717) is 0 Å². The largest absolute Gasteiger partial charge is 0.480 e. The average molecular weight is 401 g/mol. The number of nitrogens with zero attached hydrogens (tertiary/aromatic N) is 5. The van der Waals surface area contributed by atoms with Gasteiger partial charge in [-0.2, -0.15) is 15.0 Å². The minimum Gasteiger partial charge on any atom is -0.480 e. The molecule has 154 valence electrons. The maximum absolute atomic E-state index is 11.1. The Kier molecular flexibility index (Phi) is 8.35. The van der Waals surface area contributed by atoms with Crippen LogP contribution in [0.5, 0.6) is 0 Å². The van der Waals surface area contributed by atoms with Gasteiger partial charge in [-0.1, -0.05) is 0 Å². The van der Waals surface area contributed by atoms with Crippen molar-refractivity contribution in [2.75, 3.05) is 41.3 Å². The Morgan fingerprint density at radius 3 is 1.71 bits per heavy atom. The van der Waals surface area contributed by atoms with Gasteiger partial charge < -0.3 is 31.0 Å². The molecule has 0 aliphatic heterocycles. The van der Waals surface area contributed by atoms with Crippen LogP contribution in [0.2, 0.25) is 0 Å². The Morgan fingerprint density at radius 1 is 0.964 bits per heavy atom. The predicted octanol–water partition coefficient (Wildman–Crippen LogP) is -1.05. The van der Waals surface area contributed by atoms with E-state index in [9.17, 15) is 9.59 Å². The molecule has 7 N–H and O–H groups in total. The summed E-state index contributed by atoms with van der Waals surface area (Å²) in [5, 5.41) is 38.4. The van der Waals surface area contributed by atoms with Crippen LogP contribution in [0.1, 0.15) is 0 Å². The summed E-state index contributed by atoms with van der Waals surface area (Å²) in [5.41, 5.74) is 5.40. The lowest BCUT2D eigenvalue weighted by atomic mass is 10.5. The first-order valence-electron chi connectivity index (χ1n) is 7.42. The molecular weight excluding hydrogens is 382 g/mol. The van der Waals surface area contributed by atoms with Crippen molar-refractivity contribution in [3.8, 4) is 0 Å². The number of nitrogens with one attached hydrogen (secondary N) is 1. The maximum atomic E-state index is 11.1. The third-order valence-corrected chi connectivity index (χ3v) is 2.92. The number of carboxylic acid groups (broad SMARTS) is 2. The third kappa shape index (κ3) is 6.24. The summed E-state index contributed by atoms with van der Waals surface area (Å²) in [6.45, 7) is 5.51. The van der Waals surface area contributed by atoms with Crippen LogP contribution in [-0.2, 0) is 19.4 Å². The molecule has 1 aromatic heterocycles. The molecule has 1 rings (SSSR count). The van der Waals surface area contributed by atoms with E-state index >= 15 is 0 Å². The molecule has 0 saturated heterocycles. The van der Waals surface area contributed by atoms with Crippen molar-refractivity contribution in [2.45, 2.75) is 0 Å². The second-order valence-corrected chi connectivity index (χ2v) is 4.90. The Labute approximate surface area is 157 Å². The van der Waals surface area contributed by atoms with Gasteiger partial charge in [0, 0.05) is 13.1 Å². The number of aliphatic carboxylic acids is 2. The van der Waals surface area contributed by atoms with E-state index < -0.39 is 36.8 Å². The lowest BCUT2D eigenvalue weighted by Gasteiger charge is -2.24. The molecule has 1 heterocycles. The minimum absolute atomic E-state index is 0.132. The molecule has 0 fully saturated rings. The quantitative estimate of drug-likeness (QED) is 0.132. The molecule has 0 unspecified atom stereocenters. The predicted molar refractivity (Wildman–Crippen MR) is 93.0 cm³/mol. The number of anilines is 3. The molecule has 0 spiro atoms. The van der Waals surface area contributed by atoms with E-state index in [0.717, 1.165) is 9.80 Å². The van der Waals surface area contributed by atoms with Crippen molar-refractivity contribution < 1.29 is 40.1 Å². The molecule has 0 saturated carbocycles. The van der Waals surface area contributed by atoms with E-state index in [1.165, 1.54) is 0 Å². The monoisotopic (exact) mass is 401 g/mol. The van der Waals surface area contributed by atoms with Gasteiger partial charge in [0.15, 0.2) is 0 Å². The molecule has 0 aliphatic carbocycles. The van der Waals surface area contributed by atoms with Gasteiger partial charge >= 0.3 is 11.9 Å². The second-order valence-electron chi connectivity index (χ2n) is 4.90. The smallest absolute Gasteiger partial charge is 0.323 e. The molecule has 0 aliphatic rings. The van der Waals surface area contributed by atoms with E-state index in [1.54, 1.807) is 0 Å². The number of aromatic nitrogens is 3. The number of carboxylic acids is 2. The Balaban J connectivity index is 3.51. The standard InChI is InChI=1S/C13H19N7O8/c1-7(27-25)19(5-9(21)22)12-16-11(15-4-3-14)17-13(18-12)20(6-10(23)24)8(2)28-26/h25-26H,1-6,14H2,(H,21,22)(H,23,24)(H,15,16,17,18). The topological polar surface area (TPSA) is 217 Å². The van der Waals surface area contributed by atoms with Crippen LogP contribution in [-0.4, -0.2) is 73.8 Å². The van der Waals surface area contributed by atoms with Gasteiger partial charge in [0.25, 0.3) is 0 Å². The molecule has 0 bridgehead atoms. The van der Waals surface area contributed by atoms with Crippen molar-refractivity contribution in [2.24, 2.45) is 5.73 Å². The Hall–Kier alpha value is -3.69. The normalized spacial score (nSPS) is 9.96. The molecule has 1 aromatic rings. The fourth-order valence-electron chi connectivity index (χ4n) is 1.77. The van der Waals surface area contributed by atoms with Crippen LogP contribution in [0.3, 0.4) is 0 Å². The first-order valence-corrected chi connectivity index (χ1v) is 7.42. The molecule has 15 nitrogen and oxygen atoms in total. The van der Waals surface area contributed by atoms with E-state index in [2.05, 4.69) is 43.2 Å². The van der Waals surface area contributed by atoms with Gasteiger partial charge in [0.1, 0.15) is 13.1 Å². The van der Waals surface area contributed by atoms with Gasteiger partial charge in [0.2, 0.25) is 29.6 Å². The van der Waals surface area contributed by atoms with Crippen molar-refractivity contribution in [3.63, 3.8) is 0 Å². The summed E-state index contributed by atoms with van der Waals surface area (Å²) >= 11 is 0. The van der Waals surface area contributed by atoms with Crippen molar-refractivity contribution >= 4 is 29.8 Å². The molecule has 0 aromatic carbocycles. The summed E-state index contributed by atoms with van der Waals surface area (Å²) in [5.74, 6) is -4.66. The summed E-state index contributed by atoms with van der Waals surface area (Å²) in [6.07, 6.45) is 0. The molecular formula is C13H19N7O8. The highest BCUT2D eigenvalue weighted by atomic mass is 17.1. The van der Waals surface area contributed by atoms with Crippen LogP contribution in [0.4, 0.5) is 17.8 Å². The molecule has 0 radical (unpaired) electrons. The van der Waals surface area contributed by atoms with Crippen LogP contribution in [0.15, 0.2) is 24.9 Å². The zero-order valence-corrected chi connectivity index (χ0v) is 14.5. The molecule has 0 atom stereocenters. The van der Waals surface area contributed by atoms with Crippen LogP contribution < -0.4 is 20.9 Å². The fraction of sp³-hybridized carbons (Fsp3) is 0.308. The zero-order chi connectivity index (χ0) is 21.3. The van der Waals surface area contributed by atoms with Crippen LogP contribution >= 0.6 is 0 Å². The summed E-state index contributed by atoms with van der Waals surface area (Å²) in [4.78, 5) is 43.5. The SMILES string of the molecule is C=C(OO)N(CC(=O)O)c1nc(NCCN)nc(N(CC(=O)O)C(=C)OO)n1. The molecule has 0 amide bonds. The minimum atomic E-state index is -1.35. The molecule has 28 heavy (non-hydrogen) atoms. The number of carbonyl (C=O) groups is 2. The van der Waals surface area contributed by atoms with Crippen molar-refractivity contribution in [1.29, 1.82) is 0 Å². The van der Waals surface area contributed by atoms with E-state index in [4.69, 9.17) is 26.5 Å². The highest BCUT2D eigenvalue weighted by Gasteiger charge is 2.25. The Bertz CT molecular complexity index is 689. The first-order chi connectivity index (χ1) is 13.2. The lowest BCUT2D eigenvalue weighted by Crippen LogP contribution is -2.34. The Morgan fingerprint density at radius 2 is 1.39 bits per heavy atom. The van der Waals surface area contributed by atoms with Gasteiger partial charge in [-0.05, 0) is 13.2 Å². The third-order valence-electron chi connectivity index (χ3n) is 2.92. The van der Waals surface area contributed by atoms with E-state index in [1.807, 2.05) is 0 Å². The number of hydrogen-bond donors (Lipinski definition) is 6. The zero-order valence-electron chi connectivity index (χ0n) is 14.5. The van der Waals surface area contributed by atoms with E-state index in [-0.39, 0.29) is 30.9 Å². The van der Waals surface area contributed by atoms with Gasteiger partial charge in [-0.25, -0.2) is 10.5 Å².